The van der Waals surface area contributed by atoms with E-state index >= 15 is 0 Å². The van der Waals surface area contributed by atoms with Gasteiger partial charge in [0.1, 0.15) is 0 Å². The second kappa shape index (κ2) is 7.47. The molecule has 0 aromatic carbocycles. The molecular weight excluding hydrogens is 240 g/mol. The highest BCUT2D eigenvalue weighted by atomic mass is 79.9. The lowest BCUT2D eigenvalue weighted by molar-refractivity contribution is -0.00485. The molecule has 0 aromatic heterocycles. The smallest absolute Gasteiger partial charge is 0.0598 e. The van der Waals surface area contributed by atoms with Gasteiger partial charge in [-0.3, -0.25) is 0 Å². The van der Waals surface area contributed by atoms with Gasteiger partial charge in [0, 0.05) is 11.9 Å². The summed E-state index contributed by atoms with van der Waals surface area (Å²) >= 11 is 3.47. The minimum absolute atomic E-state index is 0.00720. The predicted octanol–water partition coefficient (Wildman–Crippen LogP) is 4.17. The molecule has 1 unspecified atom stereocenters. The number of hydrogen-bond acceptors (Lipinski definition) is 1. The summed E-state index contributed by atoms with van der Waals surface area (Å²) in [4.78, 5) is 0. The Morgan fingerprint density at radius 1 is 1.36 bits per heavy atom. The Bertz CT molecular complexity index is 149. The maximum absolute atomic E-state index is 5.64. The van der Waals surface area contributed by atoms with Gasteiger partial charge in [-0.25, -0.2) is 0 Å². The molecule has 2 heteroatoms. The van der Waals surface area contributed by atoms with E-state index < -0.39 is 0 Å². The van der Waals surface area contributed by atoms with E-state index in [0.29, 0.717) is 5.92 Å². The lowest BCUT2D eigenvalue weighted by Crippen LogP contribution is -2.19. The molecule has 0 aromatic rings. The van der Waals surface area contributed by atoms with Crippen LogP contribution in [0.15, 0.2) is 12.7 Å². The standard InChI is InChI=1S/C12H23BrO/c1-5-11(10-13)8-6-7-9-14-12(2,3)4/h5,11H,1,6-10H2,2-4H3. The van der Waals surface area contributed by atoms with Gasteiger partial charge in [-0.05, 0) is 39.5 Å². The quantitative estimate of drug-likeness (QED) is 0.380. The largest absolute Gasteiger partial charge is 0.376 e. The maximum Gasteiger partial charge on any atom is 0.0598 e. The summed E-state index contributed by atoms with van der Waals surface area (Å²) in [5.74, 6) is 0.615. The van der Waals surface area contributed by atoms with E-state index in [1.165, 1.54) is 12.8 Å². The molecule has 84 valence electrons. The van der Waals surface area contributed by atoms with Crippen molar-refractivity contribution in [1.82, 2.24) is 0 Å². The van der Waals surface area contributed by atoms with Crippen molar-refractivity contribution >= 4 is 15.9 Å². The number of ether oxygens (including phenoxy) is 1. The zero-order valence-corrected chi connectivity index (χ0v) is 11.3. The van der Waals surface area contributed by atoms with Gasteiger partial charge in [0.2, 0.25) is 0 Å². The van der Waals surface area contributed by atoms with Crippen LogP contribution in [0.2, 0.25) is 0 Å². The van der Waals surface area contributed by atoms with Gasteiger partial charge < -0.3 is 4.74 Å². The maximum atomic E-state index is 5.64. The van der Waals surface area contributed by atoms with Crippen LogP contribution in [0.3, 0.4) is 0 Å². The Kier molecular flexibility index (Phi) is 7.56. The zero-order valence-electron chi connectivity index (χ0n) is 9.68. The monoisotopic (exact) mass is 262 g/mol. The van der Waals surface area contributed by atoms with E-state index in [-0.39, 0.29) is 5.60 Å². The highest BCUT2D eigenvalue weighted by Gasteiger charge is 2.09. The van der Waals surface area contributed by atoms with Crippen molar-refractivity contribution in [1.29, 1.82) is 0 Å². The molecule has 0 fully saturated rings. The van der Waals surface area contributed by atoms with Crippen LogP contribution in [-0.4, -0.2) is 17.5 Å². The van der Waals surface area contributed by atoms with Gasteiger partial charge >= 0.3 is 0 Å². The van der Waals surface area contributed by atoms with Crippen molar-refractivity contribution in [2.75, 3.05) is 11.9 Å². The predicted molar refractivity (Wildman–Crippen MR) is 67.0 cm³/mol. The first kappa shape index (κ1) is 14.2. The van der Waals surface area contributed by atoms with Crippen molar-refractivity contribution in [3.63, 3.8) is 0 Å². The van der Waals surface area contributed by atoms with Crippen LogP contribution in [-0.2, 0) is 4.74 Å². The third-order valence-corrected chi connectivity index (χ3v) is 2.87. The molecule has 0 aliphatic carbocycles. The van der Waals surface area contributed by atoms with E-state index in [4.69, 9.17) is 4.74 Å². The molecule has 0 heterocycles. The van der Waals surface area contributed by atoms with E-state index in [9.17, 15) is 0 Å². The summed E-state index contributed by atoms with van der Waals surface area (Å²) in [6.45, 7) is 11.0. The van der Waals surface area contributed by atoms with E-state index in [2.05, 4.69) is 43.3 Å². The molecule has 0 radical (unpaired) electrons. The molecule has 1 atom stereocenters. The first-order chi connectivity index (χ1) is 6.49. The molecule has 1 nitrogen and oxygen atoms in total. The van der Waals surface area contributed by atoms with Gasteiger partial charge in [-0.2, -0.15) is 0 Å². The average Bonchev–Trinajstić information content (AvgIpc) is 2.09. The fraction of sp³-hybridized carbons (Fsp3) is 0.833. The Morgan fingerprint density at radius 3 is 2.43 bits per heavy atom. The summed E-state index contributed by atoms with van der Waals surface area (Å²) in [7, 11) is 0. The summed E-state index contributed by atoms with van der Waals surface area (Å²) in [5.41, 5.74) is 0.00720. The van der Waals surface area contributed by atoms with Crippen molar-refractivity contribution in [3.05, 3.63) is 12.7 Å². The summed E-state index contributed by atoms with van der Waals surface area (Å²) in [6, 6.07) is 0. The van der Waals surface area contributed by atoms with Gasteiger partial charge in [0.05, 0.1) is 5.60 Å². The summed E-state index contributed by atoms with van der Waals surface area (Å²) in [5, 5.41) is 1.02. The Morgan fingerprint density at radius 2 is 2.00 bits per heavy atom. The van der Waals surface area contributed by atoms with Crippen LogP contribution < -0.4 is 0 Å². The molecular formula is C12H23BrO. The highest BCUT2D eigenvalue weighted by Crippen LogP contribution is 2.13. The van der Waals surface area contributed by atoms with Gasteiger partial charge in [0.15, 0.2) is 0 Å². The number of alkyl halides is 1. The average molecular weight is 263 g/mol. The number of halogens is 1. The van der Waals surface area contributed by atoms with E-state index in [1.54, 1.807) is 0 Å². The third kappa shape index (κ3) is 8.76. The minimum Gasteiger partial charge on any atom is -0.376 e. The fourth-order valence-electron chi connectivity index (χ4n) is 1.14. The van der Waals surface area contributed by atoms with Gasteiger partial charge in [-0.15, -0.1) is 6.58 Å². The topological polar surface area (TPSA) is 9.23 Å². The summed E-state index contributed by atoms with van der Waals surface area (Å²) < 4.78 is 5.64. The van der Waals surface area contributed by atoms with Crippen LogP contribution in [0.1, 0.15) is 40.0 Å². The number of unbranched alkanes of at least 4 members (excludes halogenated alkanes) is 1. The fourth-order valence-corrected chi connectivity index (χ4v) is 1.73. The van der Waals surface area contributed by atoms with Crippen LogP contribution in [0, 0.1) is 5.92 Å². The zero-order chi connectivity index (χ0) is 11.0. The minimum atomic E-state index is 0.00720. The normalized spacial score (nSPS) is 14.0. The molecule has 0 aliphatic heterocycles. The van der Waals surface area contributed by atoms with Crippen molar-refractivity contribution in [2.24, 2.45) is 5.92 Å². The molecule has 0 amide bonds. The second-order valence-corrected chi connectivity index (χ2v) is 5.25. The Hall–Kier alpha value is 0.180. The van der Waals surface area contributed by atoms with Crippen molar-refractivity contribution in [2.45, 2.75) is 45.6 Å². The molecule has 0 aliphatic rings. The van der Waals surface area contributed by atoms with E-state index in [0.717, 1.165) is 18.4 Å². The molecule has 0 rings (SSSR count). The van der Waals surface area contributed by atoms with Gasteiger partial charge in [-0.1, -0.05) is 28.4 Å². The van der Waals surface area contributed by atoms with E-state index in [1.807, 2.05) is 6.08 Å². The van der Waals surface area contributed by atoms with Crippen molar-refractivity contribution < 1.29 is 4.74 Å². The molecule has 0 saturated carbocycles. The molecule has 0 saturated heterocycles. The van der Waals surface area contributed by atoms with Crippen LogP contribution in [0.5, 0.6) is 0 Å². The Labute approximate surface area is 97.0 Å². The molecule has 0 spiro atoms. The number of rotatable bonds is 7. The highest BCUT2D eigenvalue weighted by molar-refractivity contribution is 9.09. The molecule has 0 bridgehead atoms. The number of allylic oxidation sites excluding steroid dienone is 1. The molecule has 0 N–H and O–H groups in total. The van der Waals surface area contributed by atoms with Crippen LogP contribution >= 0.6 is 15.9 Å². The first-order valence-electron chi connectivity index (χ1n) is 5.32. The third-order valence-electron chi connectivity index (χ3n) is 2.04. The van der Waals surface area contributed by atoms with Crippen LogP contribution in [0.4, 0.5) is 0 Å². The first-order valence-corrected chi connectivity index (χ1v) is 6.44. The lowest BCUT2D eigenvalue weighted by atomic mass is 10.0. The van der Waals surface area contributed by atoms with Crippen LogP contribution in [0.25, 0.3) is 0 Å². The molecule has 14 heavy (non-hydrogen) atoms. The van der Waals surface area contributed by atoms with Crippen molar-refractivity contribution in [3.8, 4) is 0 Å². The SMILES string of the molecule is C=CC(CBr)CCCCOC(C)(C)C. The second-order valence-electron chi connectivity index (χ2n) is 4.61. The summed E-state index contributed by atoms with van der Waals surface area (Å²) in [6.07, 6.45) is 5.61. The van der Waals surface area contributed by atoms with Gasteiger partial charge in [0.25, 0.3) is 0 Å². The lowest BCUT2D eigenvalue weighted by Gasteiger charge is -2.19. The Balaban J connectivity index is 3.33. The number of hydrogen-bond donors (Lipinski definition) is 0.